The summed E-state index contributed by atoms with van der Waals surface area (Å²) in [5.41, 5.74) is -0.245. The van der Waals surface area contributed by atoms with Crippen LogP contribution >= 0.6 is 0 Å². The van der Waals surface area contributed by atoms with Gasteiger partial charge < -0.3 is 5.32 Å². The molecule has 1 heterocycles. The predicted molar refractivity (Wildman–Crippen MR) is 118 cm³/mol. The number of amides is 2. The van der Waals surface area contributed by atoms with Crippen LogP contribution in [0.15, 0.2) is 9.59 Å². The predicted octanol–water partition coefficient (Wildman–Crippen LogP) is 3.82. The average Bonchev–Trinajstić information content (AvgIpc) is 2.80. The first-order valence-electron chi connectivity index (χ1n) is 10.3. The van der Waals surface area contributed by atoms with Gasteiger partial charge in [-0.25, -0.2) is 0 Å². The zero-order chi connectivity index (χ0) is 23.1. The first-order chi connectivity index (χ1) is 12.8. The van der Waals surface area contributed by atoms with E-state index in [1.54, 1.807) is 0 Å². The molecule has 1 unspecified atom stereocenters. The van der Waals surface area contributed by atoms with Crippen molar-refractivity contribution in [3.8, 4) is 0 Å². The molecule has 1 aliphatic rings. The highest BCUT2D eigenvalue weighted by Gasteiger charge is 2.48. The number of nitrogens with one attached hydrogen (secondary N) is 1. The lowest BCUT2D eigenvalue weighted by atomic mass is 9.80. The molecule has 1 atom stereocenters. The van der Waals surface area contributed by atoms with Crippen molar-refractivity contribution < 1.29 is 9.59 Å². The van der Waals surface area contributed by atoms with Gasteiger partial charge in [-0.2, -0.15) is 0 Å². The number of nitrogens with zero attached hydrogens (tertiary/aromatic N) is 1. The van der Waals surface area contributed by atoms with Gasteiger partial charge in [-0.05, 0) is 52.9 Å². The van der Waals surface area contributed by atoms with Crippen LogP contribution in [-0.2, 0) is 9.59 Å². The molecule has 164 valence electrons. The Hall–Kier alpha value is -1.98. The number of anilines is 1. The van der Waals surface area contributed by atoms with E-state index in [9.17, 15) is 19.2 Å². The highest BCUT2D eigenvalue weighted by atomic mass is 16.2. The molecule has 1 saturated heterocycles. The number of likely N-dealkylation sites (tertiary alicyclic amines) is 1. The number of hydrogen-bond acceptors (Lipinski definition) is 5. The van der Waals surface area contributed by atoms with E-state index in [2.05, 4.69) is 5.32 Å². The first kappa shape index (κ1) is 25.1. The van der Waals surface area contributed by atoms with E-state index >= 15 is 0 Å². The largest absolute Gasteiger partial charge is 0.377 e. The fourth-order valence-corrected chi connectivity index (χ4v) is 3.47. The third-order valence-electron chi connectivity index (χ3n) is 4.89. The molecule has 0 spiro atoms. The van der Waals surface area contributed by atoms with Crippen molar-refractivity contribution in [2.75, 3.05) is 5.32 Å². The molecule has 2 amide bonds. The standard InChI is InChI=1S/C12H21NO2.C11H17NO2/c1-11(2,3)8-7-9(14)13(10(8)15)12(4,5)6;1-6(2)7-8(10(14)9(7)13)12-11(3,4)5/h8H,7H2,1-6H3;6,12H,1-5H3. The molecule has 1 aromatic carbocycles. The monoisotopic (exact) mass is 406 g/mol. The Bertz CT molecular complexity index is 838. The second-order valence-electron chi connectivity index (χ2n) is 11.3. The summed E-state index contributed by atoms with van der Waals surface area (Å²) in [5.74, 6) is -0.0956. The summed E-state index contributed by atoms with van der Waals surface area (Å²) >= 11 is 0. The molecule has 0 radical (unpaired) electrons. The van der Waals surface area contributed by atoms with Crippen molar-refractivity contribution in [1.82, 2.24) is 4.90 Å². The van der Waals surface area contributed by atoms with Crippen LogP contribution in [-0.4, -0.2) is 27.8 Å². The summed E-state index contributed by atoms with van der Waals surface area (Å²) in [7, 11) is 0. The summed E-state index contributed by atoms with van der Waals surface area (Å²) in [6, 6.07) is 0. The van der Waals surface area contributed by atoms with Crippen LogP contribution in [0.5, 0.6) is 0 Å². The Balaban J connectivity index is 0.000000291. The smallest absolute Gasteiger partial charge is 0.249 e. The Morgan fingerprint density at radius 1 is 0.862 bits per heavy atom. The van der Waals surface area contributed by atoms with Crippen molar-refractivity contribution in [2.24, 2.45) is 11.3 Å². The Morgan fingerprint density at radius 2 is 1.34 bits per heavy atom. The van der Waals surface area contributed by atoms with Crippen LogP contribution in [0.2, 0.25) is 0 Å². The van der Waals surface area contributed by atoms with Crippen molar-refractivity contribution in [3.63, 3.8) is 0 Å². The van der Waals surface area contributed by atoms with Crippen molar-refractivity contribution in [1.29, 1.82) is 0 Å². The third-order valence-corrected chi connectivity index (χ3v) is 4.89. The second kappa shape index (κ2) is 8.04. The van der Waals surface area contributed by atoms with E-state index in [-0.39, 0.29) is 45.5 Å². The molecule has 0 saturated carbocycles. The van der Waals surface area contributed by atoms with Crippen molar-refractivity contribution >= 4 is 17.5 Å². The number of rotatable bonds is 2. The minimum absolute atomic E-state index is 0.0139. The van der Waals surface area contributed by atoms with E-state index in [4.69, 9.17) is 0 Å². The van der Waals surface area contributed by atoms with Crippen LogP contribution in [0, 0.1) is 11.3 Å². The Labute approximate surface area is 174 Å². The quantitative estimate of drug-likeness (QED) is 0.596. The number of imide groups is 1. The van der Waals surface area contributed by atoms with Crippen LogP contribution in [0.1, 0.15) is 94.1 Å². The molecular weight excluding hydrogens is 368 g/mol. The van der Waals surface area contributed by atoms with Gasteiger partial charge in [-0.15, -0.1) is 0 Å². The summed E-state index contributed by atoms with van der Waals surface area (Å²) in [4.78, 5) is 47.9. The van der Waals surface area contributed by atoms with Crippen LogP contribution in [0.25, 0.3) is 0 Å². The normalized spacial score (nSPS) is 18.3. The Morgan fingerprint density at radius 3 is 1.62 bits per heavy atom. The topological polar surface area (TPSA) is 83.6 Å². The summed E-state index contributed by atoms with van der Waals surface area (Å²) in [6.07, 6.45) is 0.361. The number of hydrogen-bond donors (Lipinski definition) is 1. The van der Waals surface area contributed by atoms with Gasteiger partial charge in [0.2, 0.25) is 22.7 Å². The van der Waals surface area contributed by atoms with E-state index in [1.807, 2.05) is 76.2 Å². The maximum Gasteiger partial charge on any atom is 0.249 e. The lowest BCUT2D eigenvalue weighted by Crippen LogP contribution is -2.46. The van der Waals surface area contributed by atoms with Gasteiger partial charge in [0.25, 0.3) is 0 Å². The van der Waals surface area contributed by atoms with E-state index < -0.39 is 5.54 Å². The molecule has 2 rings (SSSR count). The van der Waals surface area contributed by atoms with Crippen molar-refractivity contribution in [2.45, 2.75) is 99.6 Å². The fourth-order valence-electron chi connectivity index (χ4n) is 3.47. The summed E-state index contributed by atoms with van der Waals surface area (Å²) in [5, 5.41) is 3.08. The minimum atomic E-state index is -0.395. The molecule has 1 aromatic rings. The fraction of sp³-hybridized carbons (Fsp3) is 0.739. The van der Waals surface area contributed by atoms with Gasteiger partial charge in [0.1, 0.15) is 0 Å². The maximum atomic E-state index is 12.1. The van der Waals surface area contributed by atoms with Crippen LogP contribution < -0.4 is 16.2 Å². The molecule has 0 aromatic heterocycles. The van der Waals surface area contributed by atoms with Gasteiger partial charge in [0.05, 0.1) is 11.6 Å². The molecule has 1 N–H and O–H groups in total. The summed E-state index contributed by atoms with van der Waals surface area (Å²) < 4.78 is 0. The molecule has 0 aliphatic carbocycles. The molecule has 29 heavy (non-hydrogen) atoms. The SMILES string of the molecule is CC(C)(C)C1CC(=O)N(C(C)(C)C)C1=O.CC(C)c1c(NC(C)(C)C)c(=O)c1=O. The lowest BCUT2D eigenvalue weighted by molar-refractivity contribution is -0.145. The van der Waals surface area contributed by atoms with Gasteiger partial charge in [0.15, 0.2) is 0 Å². The van der Waals surface area contributed by atoms with Crippen LogP contribution in [0.3, 0.4) is 0 Å². The van der Waals surface area contributed by atoms with Crippen LogP contribution in [0.4, 0.5) is 5.69 Å². The zero-order valence-electron chi connectivity index (χ0n) is 19.9. The average molecular weight is 407 g/mol. The molecule has 1 aliphatic heterocycles. The van der Waals surface area contributed by atoms with Crippen molar-refractivity contribution in [3.05, 3.63) is 26.0 Å². The highest BCUT2D eigenvalue weighted by Crippen LogP contribution is 2.38. The first-order valence-corrected chi connectivity index (χ1v) is 10.3. The lowest BCUT2D eigenvalue weighted by Gasteiger charge is -2.32. The Kier molecular flexibility index (Phi) is 6.94. The van der Waals surface area contributed by atoms with Gasteiger partial charge in [-0.1, -0.05) is 34.6 Å². The van der Waals surface area contributed by atoms with Gasteiger partial charge in [0, 0.05) is 23.1 Å². The van der Waals surface area contributed by atoms with E-state index in [1.165, 1.54) is 4.90 Å². The third kappa shape index (κ3) is 5.77. The number of carbonyl (C=O) groups excluding carboxylic acids is 2. The summed E-state index contributed by atoms with van der Waals surface area (Å²) in [6.45, 7) is 21.5. The van der Waals surface area contributed by atoms with E-state index in [0.29, 0.717) is 17.7 Å². The molecule has 1 fully saturated rings. The highest BCUT2D eigenvalue weighted by molar-refractivity contribution is 6.04. The molecule has 0 bridgehead atoms. The molecule has 6 heteroatoms. The minimum Gasteiger partial charge on any atom is -0.377 e. The van der Waals surface area contributed by atoms with Gasteiger partial charge in [-0.3, -0.25) is 24.1 Å². The second-order valence-corrected chi connectivity index (χ2v) is 11.3. The molecular formula is C23H38N2O4. The number of carbonyl (C=O) groups is 2. The van der Waals surface area contributed by atoms with Gasteiger partial charge >= 0.3 is 0 Å². The zero-order valence-corrected chi connectivity index (χ0v) is 19.9. The van der Waals surface area contributed by atoms with E-state index in [0.717, 1.165) is 0 Å². The molecule has 6 nitrogen and oxygen atoms in total. The maximum absolute atomic E-state index is 12.1.